The van der Waals surface area contributed by atoms with Crippen molar-refractivity contribution < 1.29 is 9.90 Å². The molecule has 1 aromatic rings. The van der Waals surface area contributed by atoms with Gasteiger partial charge in [0.2, 0.25) is 5.91 Å². The Hall–Kier alpha value is -1.42. The van der Waals surface area contributed by atoms with Gasteiger partial charge < -0.3 is 10.0 Å². The molecule has 0 bridgehead atoms. The Morgan fingerprint density at radius 1 is 1.41 bits per heavy atom. The molecule has 1 aliphatic rings. The summed E-state index contributed by atoms with van der Waals surface area (Å²) in [6, 6.07) is 4.05. The number of aliphatic hydroxyl groups excluding tert-OH is 1. The molecule has 17 heavy (non-hydrogen) atoms. The predicted molar refractivity (Wildman–Crippen MR) is 64.3 cm³/mol. The van der Waals surface area contributed by atoms with Gasteiger partial charge >= 0.3 is 0 Å². The van der Waals surface area contributed by atoms with E-state index < -0.39 is 6.61 Å². The largest absolute Gasteiger partial charge is 0.387 e. The molecule has 0 aliphatic carbocycles. The van der Waals surface area contributed by atoms with Gasteiger partial charge in [-0.2, -0.15) is 0 Å². The van der Waals surface area contributed by atoms with E-state index in [1.165, 1.54) is 0 Å². The second-order valence-corrected chi connectivity index (χ2v) is 5.46. The van der Waals surface area contributed by atoms with Crippen molar-refractivity contribution in [3.05, 3.63) is 29.1 Å². The quantitative estimate of drug-likeness (QED) is 0.794. The van der Waals surface area contributed by atoms with Crippen molar-refractivity contribution in [3.8, 4) is 0 Å². The Morgan fingerprint density at radius 3 is 2.71 bits per heavy atom. The molecule has 2 rings (SSSR count). The molecule has 0 aromatic carbocycles. The maximum Gasteiger partial charge on any atom is 0.248 e. The third-order valence-electron chi connectivity index (χ3n) is 3.03. The number of carbonyl (C=O) groups excluding carboxylic acids is 1. The van der Waals surface area contributed by atoms with E-state index in [4.69, 9.17) is 5.11 Å². The average Bonchev–Trinajstić information content (AvgIpc) is 2.69. The summed E-state index contributed by atoms with van der Waals surface area (Å²) >= 11 is 0. The number of nitrogens with zero attached hydrogens (tertiary/aromatic N) is 2. The second kappa shape index (κ2) is 4.11. The number of aliphatic hydroxyl groups is 1. The summed E-state index contributed by atoms with van der Waals surface area (Å²) in [6.45, 7) is 7.00. The Labute approximate surface area is 101 Å². The Kier molecular flexibility index (Phi) is 2.91. The first kappa shape index (κ1) is 12.0. The molecule has 0 radical (unpaired) electrons. The summed E-state index contributed by atoms with van der Waals surface area (Å²) in [5.74, 6) is -0.236. The molecule has 2 heterocycles. The SMILES string of the molecule is CC(C)(C)c1ccc2c(n1)CN(C(=O)CO)C2. The van der Waals surface area contributed by atoms with Gasteiger partial charge in [-0.05, 0) is 11.6 Å². The van der Waals surface area contributed by atoms with Gasteiger partial charge in [0, 0.05) is 17.7 Å². The smallest absolute Gasteiger partial charge is 0.248 e. The zero-order chi connectivity index (χ0) is 12.6. The van der Waals surface area contributed by atoms with Gasteiger partial charge in [0.15, 0.2) is 0 Å². The van der Waals surface area contributed by atoms with Crippen LogP contribution in [0.15, 0.2) is 12.1 Å². The number of aromatic nitrogens is 1. The van der Waals surface area contributed by atoms with Crippen LogP contribution in [-0.2, 0) is 23.3 Å². The number of fused-ring (bicyclic) bond motifs is 1. The minimum atomic E-state index is -0.430. The highest BCUT2D eigenvalue weighted by Gasteiger charge is 2.25. The molecule has 92 valence electrons. The highest BCUT2D eigenvalue weighted by atomic mass is 16.3. The van der Waals surface area contributed by atoms with Crippen molar-refractivity contribution in [2.45, 2.75) is 39.3 Å². The molecule has 1 aromatic heterocycles. The number of rotatable bonds is 1. The van der Waals surface area contributed by atoms with E-state index in [2.05, 4.69) is 25.8 Å². The first-order valence-corrected chi connectivity index (χ1v) is 5.79. The van der Waals surface area contributed by atoms with E-state index in [1.807, 2.05) is 12.1 Å². The van der Waals surface area contributed by atoms with Crippen LogP contribution in [0.3, 0.4) is 0 Å². The normalized spacial score (nSPS) is 14.9. The summed E-state index contributed by atoms with van der Waals surface area (Å²) in [6.07, 6.45) is 0. The third kappa shape index (κ3) is 2.31. The van der Waals surface area contributed by atoms with E-state index in [0.29, 0.717) is 13.1 Å². The van der Waals surface area contributed by atoms with Crippen molar-refractivity contribution in [2.24, 2.45) is 0 Å². The van der Waals surface area contributed by atoms with Crippen LogP contribution in [0.5, 0.6) is 0 Å². The molecule has 0 atom stereocenters. The fraction of sp³-hybridized carbons (Fsp3) is 0.538. The first-order valence-electron chi connectivity index (χ1n) is 5.79. The fourth-order valence-corrected chi connectivity index (χ4v) is 1.95. The molecule has 1 N–H and O–H groups in total. The lowest BCUT2D eigenvalue weighted by atomic mass is 9.91. The minimum absolute atomic E-state index is 0.0173. The van der Waals surface area contributed by atoms with Crippen molar-refractivity contribution in [2.75, 3.05) is 6.61 Å². The zero-order valence-electron chi connectivity index (χ0n) is 10.5. The van der Waals surface area contributed by atoms with Crippen LogP contribution in [-0.4, -0.2) is 27.5 Å². The van der Waals surface area contributed by atoms with Crippen LogP contribution in [0.25, 0.3) is 0 Å². The van der Waals surface area contributed by atoms with Crippen LogP contribution in [0.4, 0.5) is 0 Å². The van der Waals surface area contributed by atoms with Crippen molar-refractivity contribution in [1.82, 2.24) is 9.88 Å². The zero-order valence-corrected chi connectivity index (χ0v) is 10.5. The number of pyridine rings is 1. The van der Waals surface area contributed by atoms with E-state index in [1.54, 1.807) is 4.90 Å². The third-order valence-corrected chi connectivity index (χ3v) is 3.03. The van der Waals surface area contributed by atoms with Crippen LogP contribution < -0.4 is 0 Å². The molecular weight excluding hydrogens is 216 g/mol. The summed E-state index contributed by atoms with van der Waals surface area (Å²) in [4.78, 5) is 17.7. The number of amides is 1. The lowest BCUT2D eigenvalue weighted by Crippen LogP contribution is -2.27. The molecule has 0 spiro atoms. The molecule has 1 amide bonds. The van der Waals surface area contributed by atoms with Gasteiger partial charge in [0.25, 0.3) is 0 Å². The van der Waals surface area contributed by atoms with Crippen molar-refractivity contribution in [3.63, 3.8) is 0 Å². The number of hydrogen-bond acceptors (Lipinski definition) is 3. The van der Waals surface area contributed by atoms with Crippen LogP contribution >= 0.6 is 0 Å². The Balaban J connectivity index is 2.25. The number of hydrogen-bond donors (Lipinski definition) is 1. The topological polar surface area (TPSA) is 53.4 Å². The molecule has 1 aliphatic heterocycles. The predicted octanol–water partition coefficient (Wildman–Crippen LogP) is 1.21. The van der Waals surface area contributed by atoms with E-state index in [-0.39, 0.29) is 11.3 Å². The van der Waals surface area contributed by atoms with Gasteiger partial charge in [-0.15, -0.1) is 0 Å². The summed E-state index contributed by atoms with van der Waals surface area (Å²) in [5, 5.41) is 8.85. The lowest BCUT2D eigenvalue weighted by Gasteiger charge is -2.18. The molecular formula is C13H18N2O2. The molecule has 0 fully saturated rings. The maximum absolute atomic E-state index is 11.4. The highest BCUT2D eigenvalue weighted by molar-refractivity contribution is 5.77. The summed E-state index contributed by atoms with van der Waals surface area (Å²) in [7, 11) is 0. The standard InChI is InChI=1S/C13H18N2O2/c1-13(2,3)11-5-4-9-6-15(12(17)8-16)7-10(9)14-11/h4-5,16H,6-8H2,1-3H3. The highest BCUT2D eigenvalue weighted by Crippen LogP contribution is 2.26. The summed E-state index contributed by atoms with van der Waals surface area (Å²) < 4.78 is 0. The van der Waals surface area contributed by atoms with E-state index >= 15 is 0 Å². The maximum atomic E-state index is 11.4. The first-order chi connectivity index (χ1) is 7.91. The summed E-state index contributed by atoms with van der Waals surface area (Å²) in [5.41, 5.74) is 3.09. The van der Waals surface area contributed by atoms with Gasteiger partial charge in [-0.25, -0.2) is 0 Å². The van der Waals surface area contributed by atoms with Gasteiger partial charge in [-0.3, -0.25) is 9.78 Å². The molecule has 0 saturated carbocycles. The lowest BCUT2D eigenvalue weighted by molar-refractivity contribution is -0.134. The molecule has 0 saturated heterocycles. The van der Waals surface area contributed by atoms with Crippen LogP contribution in [0.2, 0.25) is 0 Å². The average molecular weight is 234 g/mol. The van der Waals surface area contributed by atoms with E-state index in [9.17, 15) is 4.79 Å². The van der Waals surface area contributed by atoms with E-state index in [0.717, 1.165) is 17.0 Å². The van der Waals surface area contributed by atoms with Gasteiger partial charge in [0.1, 0.15) is 6.61 Å². The molecule has 0 unspecified atom stereocenters. The number of carbonyl (C=O) groups is 1. The molecule has 4 heteroatoms. The Morgan fingerprint density at radius 2 is 2.12 bits per heavy atom. The monoisotopic (exact) mass is 234 g/mol. The van der Waals surface area contributed by atoms with Gasteiger partial charge in [0.05, 0.1) is 12.2 Å². The van der Waals surface area contributed by atoms with Crippen molar-refractivity contribution in [1.29, 1.82) is 0 Å². The van der Waals surface area contributed by atoms with Crippen LogP contribution in [0, 0.1) is 0 Å². The molecule has 4 nitrogen and oxygen atoms in total. The minimum Gasteiger partial charge on any atom is -0.387 e. The second-order valence-electron chi connectivity index (χ2n) is 5.46. The van der Waals surface area contributed by atoms with Crippen molar-refractivity contribution >= 4 is 5.91 Å². The fourth-order valence-electron chi connectivity index (χ4n) is 1.95. The van der Waals surface area contributed by atoms with Gasteiger partial charge in [-0.1, -0.05) is 26.8 Å². The van der Waals surface area contributed by atoms with Crippen LogP contribution in [0.1, 0.15) is 37.7 Å². The Bertz CT molecular complexity index is 449.